The van der Waals surface area contributed by atoms with Gasteiger partial charge in [-0.05, 0) is 27.2 Å². The van der Waals surface area contributed by atoms with E-state index in [-0.39, 0.29) is 11.8 Å². The minimum atomic E-state index is -0.763. The van der Waals surface area contributed by atoms with Crippen molar-refractivity contribution in [3.63, 3.8) is 0 Å². The molecule has 0 bridgehead atoms. The Morgan fingerprint density at radius 3 is 2.55 bits per heavy atom. The molecule has 0 aliphatic heterocycles. The smallest absolute Gasteiger partial charge is 0.307 e. The number of aromatic nitrogens is 5. The van der Waals surface area contributed by atoms with Crippen molar-refractivity contribution in [2.75, 3.05) is 0 Å². The molecule has 20 heavy (non-hydrogen) atoms. The lowest BCUT2D eigenvalue weighted by molar-refractivity contribution is -0.138. The minimum absolute atomic E-state index is 0.0159. The first-order chi connectivity index (χ1) is 9.45. The summed E-state index contributed by atoms with van der Waals surface area (Å²) in [5, 5.41) is 13.3. The van der Waals surface area contributed by atoms with Crippen LogP contribution in [0.3, 0.4) is 0 Å². The number of hydrogen-bond acceptors (Lipinski definition) is 5. The van der Waals surface area contributed by atoms with Gasteiger partial charge in [0.1, 0.15) is 17.5 Å². The van der Waals surface area contributed by atoms with Crippen molar-refractivity contribution >= 4 is 5.97 Å². The van der Waals surface area contributed by atoms with Gasteiger partial charge >= 0.3 is 5.97 Å². The second-order valence-electron chi connectivity index (χ2n) is 5.10. The summed E-state index contributed by atoms with van der Waals surface area (Å²) in [7, 11) is 0. The molecule has 0 aromatic carbocycles. The van der Waals surface area contributed by atoms with E-state index in [1.54, 1.807) is 11.6 Å². The first kappa shape index (κ1) is 12.7. The SMILES string of the molecule is Cc1nc(C2CC2C(=O)O)cc(-n2nc(C)nc2C)n1. The third-order valence-corrected chi connectivity index (χ3v) is 3.42. The maximum absolute atomic E-state index is 11.0. The van der Waals surface area contributed by atoms with Crippen LogP contribution in [-0.4, -0.2) is 35.8 Å². The minimum Gasteiger partial charge on any atom is -0.481 e. The highest BCUT2D eigenvalue weighted by Crippen LogP contribution is 2.46. The molecule has 1 N–H and O–H groups in total. The monoisotopic (exact) mass is 273 g/mol. The van der Waals surface area contributed by atoms with Gasteiger partial charge in [0, 0.05) is 12.0 Å². The molecule has 1 aliphatic carbocycles. The van der Waals surface area contributed by atoms with Gasteiger partial charge in [0.2, 0.25) is 0 Å². The zero-order chi connectivity index (χ0) is 14.4. The Kier molecular flexibility index (Phi) is 2.77. The van der Waals surface area contributed by atoms with Gasteiger partial charge < -0.3 is 5.11 Å². The lowest BCUT2D eigenvalue weighted by atomic mass is 10.2. The van der Waals surface area contributed by atoms with Gasteiger partial charge in [-0.2, -0.15) is 4.68 Å². The number of aryl methyl sites for hydroxylation is 3. The second kappa shape index (κ2) is 4.36. The normalized spacial score (nSPS) is 20.9. The Labute approximate surface area is 115 Å². The predicted molar refractivity (Wildman–Crippen MR) is 69.6 cm³/mol. The molecule has 1 aliphatic rings. The van der Waals surface area contributed by atoms with Gasteiger partial charge in [-0.15, -0.1) is 5.10 Å². The molecule has 0 saturated heterocycles. The van der Waals surface area contributed by atoms with E-state index in [0.29, 0.717) is 23.9 Å². The first-order valence-corrected chi connectivity index (χ1v) is 6.44. The highest BCUT2D eigenvalue weighted by atomic mass is 16.4. The Morgan fingerprint density at radius 1 is 1.25 bits per heavy atom. The van der Waals surface area contributed by atoms with E-state index < -0.39 is 5.97 Å². The highest BCUT2D eigenvalue weighted by molar-refractivity contribution is 5.75. The zero-order valence-electron chi connectivity index (χ0n) is 11.5. The van der Waals surface area contributed by atoms with Crippen molar-refractivity contribution in [3.05, 3.63) is 29.2 Å². The van der Waals surface area contributed by atoms with E-state index in [1.807, 2.05) is 19.9 Å². The summed E-state index contributed by atoms with van der Waals surface area (Å²) < 4.78 is 1.66. The van der Waals surface area contributed by atoms with E-state index in [9.17, 15) is 4.79 Å². The Balaban J connectivity index is 2.00. The molecule has 7 nitrogen and oxygen atoms in total. The number of aliphatic carboxylic acids is 1. The fourth-order valence-corrected chi connectivity index (χ4v) is 2.41. The molecule has 0 radical (unpaired) electrons. The van der Waals surface area contributed by atoms with Gasteiger partial charge in [-0.25, -0.2) is 15.0 Å². The molecule has 2 heterocycles. The van der Waals surface area contributed by atoms with E-state index in [2.05, 4.69) is 20.1 Å². The van der Waals surface area contributed by atoms with E-state index in [0.717, 1.165) is 11.5 Å². The predicted octanol–water partition coefficient (Wildman–Crippen LogP) is 1.17. The summed E-state index contributed by atoms with van der Waals surface area (Å²) in [6, 6.07) is 1.81. The molecular formula is C13H15N5O2. The quantitative estimate of drug-likeness (QED) is 0.902. The van der Waals surface area contributed by atoms with Gasteiger partial charge in [0.05, 0.1) is 11.6 Å². The average Bonchev–Trinajstić information content (AvgIpc) is 3.09. The van der Waals surface area contributed by atoms with Crippen molar-refractivity contribution in [2.24, 2.45) is 5.92 Å². The molecule has 0 amide bonds. The second-order valence-corrected chi connectivity index (χ2v) is 5.10. The molecule has 2 atom stereocenters. The average molecular weight is 273 g/mol. The van der Waals surface area contributed by atoms with E-state index in [1.165, 1.54) is 0 Å². The molecule has 7 heteroatoms. The molecule has 2 aromatic heterocycles. The third kappa shape index (κ3) is 2.15. The van der Waals surface area contributed by atoms with Crippen LogP contribution in [0.5, 0.6) is 0 Å². The van der Waals surface area contributed by atoms with Crippen LogP contribution in [0.15, 0.2) is 6.07 Å². The van der Waals surface area contributed by atoms with Crippen LogP contribution in [0.25, 0.3) is 5.82 Å². The standard InChI is InChI=1S/C13H15N5O2/c1-6-15-11(9-4-10(9)13(19)20)5-12(16-6)18-8(3)14-7(2)17-18/h5,9-10H,4H2,1-3H3,(H,19,20). The fraction of sp³-hybridized carbons (Fsp3) is 0.462. The van der Waals surface area contributed by atoms with Gasteiger partial charge in [-0.3, -0.25) is 4.79 Å². The lowest BCUT2D eigenvalue weighted by Crippen LogP contribution is -2.07. The summed E-state index contributed by atoms with van der Waals surface area (Å²) in [6.07, 6.45) is 0.639. The van der Waals surface area contributed by atoms with E-state index >= 15 is 0 Å². The van der Waals surface area contributed by atoms with Crippen molar-refractivity contribution in [2.45, 2.75) is 33.1 Å². The molecule has 0 spiro atoms. The largest absolute Gasteiger partial charge is 0.481 e. The van der Waals surface area contributed by atoms with E-state index in [4.69, 9.17) is 5.11 Å². The highest BCUT2D eigenvalue weighted by Gasteiger charge is 2.45. The Hall–Kier alpha value is -2.31. The number of carboxylic acids is 1. The van der Waals surface area contributed by atoms with Crippen LogP contribution in [0.4, 0.5) is 0 Å². The van der Waals surface area contributed by atoms with Gasteiger partial charge in [0.15, 0.2) is 5.82 Å². The van der Waals surface area contributed by atoms with Crippen LogP contribution in [-0.2, 0) is 4.79 Å². The van der Waals surface area contributed by atoms with Crippen molar-refractivity contribution in [3.8, 4) is 5.82 Å². The van der Waals surface area contributed by atoms with Crippen LogP contribution >= 0.6 is 0 Å². The van der Waals surface area contributed by atoms with Crippen LogP contribution in [0.1, 0.15) is 35.5 Å². The molecule has 104 valence electrons. The number of rotatable bonds is 3. The third-order valence-electron chi connectivity index (χ3n) is 3.42. The van der Waals surface area contributed by atoms with Gasteiger partial charge in [0.25, 0.3) is 0 Å². The van der Waals surface area contributed by atoms with Crippen molar-refractivity contribution in [1.29, 1.82) is 0 Å². The Bertz CT molecular complexity index is 694. The van der Waals surface area contributed by atoms with Crippen molar-refractivity contribution in [1.82, 2.24) is 24.7 Å². The summed E-state index contributed by atoms with van der Waals surface area (Å²) in [6.45, 7) is 5.47. The molecule has 3 rings (SSSR count). The summed E-state index contributed by atoms with van der Waals surface area (Å²) >= 11 is 0. The summed E-state index contributed by atoms with van der Waals surface area (Å²) in [4.78, 5) is 23.9. The van der Waals surface area contributed by atoms with Crippen LogP contribution in [0.2, 0.25) is 0 Å². The summed E-state index contributed by atoms with van der Waals surface area (Å²) in [5.74, 6) is 1.57. The number of hydrogen-bond donors (Lipinski definition) is 1. The maximum Gasteiger partial charge on any atom is 0.307 e. The summed E-state index contributed by atoms with van der Waals surface area (Å²) in [5.41, 5.74) is 0.771. The topological polar surface area (TPSA) is 93.8 Å². The first-order valence-electron chi connectivity index (χ1n) is 6.44. The molecule has 2 unspecified atom stereocenters. The van der Waals surface area contributed by atoms with Gasteiger partial charge in [-0.1, -0.05) is 0 Å². The molecule has 2 aromatic rings. The fourth-order valence-electron chi connectivity index (χ4n) is 2.41. The maximum atomic E-state index is 11.0. The van der Waals surface area contributed by atoms with Crippen LogP contribution < -0.4 is 0 Å². The van der Waals surface area contributed by atoms with Crippen LogP contribution in [0, 0.1) is 26.7 Å². The van der Waals surface area contributed by atoms with Crippen molar-refractivity contribution < 1.29 is 9.90 Å². The number of carboxylic acid groups (broad SMARTS) is 1. The zero-order valence-corrected chi connectivity index (χ0v) is 11.5. The number of carbonyl (C=O) groups is 1. The lowest BCUT2D eigenvalue weighted by Gasteiger charge is -2.06. The molecule has 1 fully saturated rings. The Morgan fingerprint density at radius 2 is 2.00 bits per heavy atom. The molecular weight excluding hydrogens is 258 g/mol. The number of nitrogens with zero attached hydrogens (tertiary/aromatic N) is 5. The molecule has 1 saturated carbocycles.